The van der Waals surface area contributed by atoms with Crippen molar-refractivity contribution in [2.75, 3.05) is 16.9 Å². The summed E-state index contributed by atoms with van der Waals surface area (Å²) in [5.74, 6) is -0.0995. The monoisotopic (exact) mass is 575 g/mol. The number of halogens is 2. The van der Waals surface area contributed by atoms with Crippen LogP contribution < -0.4 is 14.5 Å². The number of benzene rings is 3. The summed E-state index contributed by atoms with van der Waals surface area (Å²) in [6.45, 7) is 7.01. The number of hydrogen-bond acceptors (Lipinski definition) is 4. The van der Waals surface area contributed by atoms with Crippen LogP contribution in [0.1, 0.15) is 44.3 Å². The molecular formula is C31H27Cl2N3O4. The van der Waals surface area contributed by atoms with Crippen LogP contribution in [0, 0.1) is 10.8 Å². The number of methoxy groups -OCH3 is 1. The number of fused-ring (bicyclic) bond motifs is 3. The summed E-state index contributed by atoms with van der Waals surface area (Å²) in [5.41, 5.74) is 0.511. The molecule has 40 heavy (non-hydrogen) atoms. The first-order valence-electron chi connectivity index (χ1n) is 12.9. The molecule has 3 aromatic carbocycles. The molecule has 7 nitrogen and oxygen atoms in total. The van der Waals surface area contributed by atoms with Crippen LogP contribution in [-0.4, -0.2) is 29.3 Å². The van der Waals surface area contributed by atoms with Crippen LogP contribution in [0.5, 0.6) is 5.75 Å². The van der Waals surface area contributed by atoms with Crippen LogP contribution >= 0.6 is 23.2 Å². The molecule has 2 aliphatic heterocycles. The molecule has 2 aliphatic rings. The lowest BCUT2D eigenvalue weighted by Crippen LogP contribution is -2.64. The molecule has 6 rings (SSSR count). The van der Waals surface area contributed by atoms with E-state index in [4.69, 9.17) is 27.9 Å². The Hall–Kier alpha value is -3.81. The van der Waals surface area contributed by atoms with Crippen LogP contribution in [-0.2, 0) is 9.59 Å². The molecule has 0 saturated carbocycles. The molecule has 0 aliphatic carbocycles. The zero-order valence-electron chi connectivity index (χ0n) is 22.7. The molecule has 1 saturated heterocycles. The number of rotatable bonds is 4. The number of nitrogens with zero attached hydrogens (tertiary/aromatic N) is 3. The van der Waals surface area contributed by atoms with Crippen molar-refractivity contribution in [1.82, 2.24) is 4.57 Å². The highest BCUT2D eigenvalue weighted by Gasteiger charge is 2.59. The third kappa shape index (κ3) is 3.54. The van der Waals surface area contributed by atoms with E-state index in [1.165, 1.54) is 0 Å². The molecule has 0 bridgehead atoms. The summed E-state index contributed by atoms with van der Waals surface area (Å²) in [6, 6.07) is 19.5. The average molecular weight is 576 g/mol. The molecule has 204 valence electrons. The second-order valence-corrected chi connectivity index (χ2v) is 12.1. The first-order chi connectivity index (χ1) is 18.9. The van der Waals surface area contributed by atoms with Gasteiger partial charge in [0, 0.05) is 26.8 Å². The topological polar surface area (TPSA) is 71.8 Å². The van der Waals surface area contributed by atoms with Gasteiger partial charge in [0.2, 0.25) is 11.8 Å². The first-order valence-corrected chi connectivity index (χ1v) is 13.6. The van der Waals surface area contributed by atoms with Crippen LogP contribution in [0.25, 0.3) is 10.9 Å². The first kappa shape index (κ1) is 26.4. The third-order valence-corrected chi connectivity index (χ3v) is 8.51. The zero-order valence-corrected chi connectivity index (χ0v) is 24.2. The Kier molecular flexibility index (Phi) is 5.84. The summed E-state index contributed by atoms with van der Waals surface area (Å²) >= 11 is 12.7. The van der Waals surface area contributed by atoms with Gasteiger partial charge in [-0.2, -0.15) is 0 Å². The normalized spacial score (nSPS) is 19.6. The lowest BCUT2D eigenvalue weighted by atomic mass is 9.76. The summed E-state index contributed by atoms with van der Waals surface area (Å²) < 4.78 is 7.22. The number of ether oxygens (including phenoxy) is 1. The predicted molar refractivity (Wildman–Crippen MR) is 157 cm³/mol. The quantitative estimate of drug-likeness (QED) is 0.187. The van der Waals surface area contributed by atoms with E-state index in [0.717, 1.165) is 0 Å². The maximum Gasteiger partial charge on any atom is 0.245 e. The minimum Gasteiger partial charge on any atom is -0.497 e. The summed E-state index contributed by atoms with van der Waals surface area (Å²) in [4.78, 5) is 45.1. The molecule has 1 aromatic heterocycles. The number of anilines is 3. The van der Waals surface area contributed by atoms with Crippen LogP contribution in [0.4, 0.5) is 17.1 Å². The Balaban J connectivity index is 1.67. The van der Waals surface area contributed by atoms with Crippen molar-refractivity contribution in [2.45, 2.75) is 33.9 Å². The SMILES string of the molecule is COc1ccc(N2C(=O)C(C)(C)C2n2c3c(c4cc(Cl)ccc42)N(c2ccc(Cl)cc2)C(=O)C(C)(C)C3=O)cc1. The number of carbonyl (C=O) groups excluding carboxylic acids is 3. The molecule has 0 spiro atoms. The molecule has 0 radical (unpaired) electrons. The molecule has 4 aromatic rings. The van der Waals surface area contributed by atoms with Crippen molar-refractivity contribution < 1.29 is 19.1 Å². The zero-order chi connectivity index (χ0) is 28.7. The van der Waals surface area contributed by atoms with E-state index in [1.807, 2.05) is 36.6 Å². The van der Waals surface area contributed by atoms with Gasteiger partial charge < -0.3 is 9.30 Å². The largest absolute Gasteiger partial charge is 0.497 e. The van der Waals surface area contributed by atoms with E-state index in [0.29, 0.717) is 49.5 Å². The highest BCUT2D eigenvalue weighted by Crippen LogP contribution is 2.55. The van der Waals surface area contributed by atoms with Crippen molar-refractivity contribution in [3.8, 4) is 5.75 Å². The summed E-state index contributed by atoms with van der Waals surface area (Å²) in [7, 11) is 1.58. The van der Waals surface area contributed by atoms with Gasteiger partial charge in [-0.3, -0.25) is 24.2 Å². The lowest BCUT2D eigenvalue weighted by Gasteiger charge is -2.54. The second kappa shape index (κ2) is 8.85. The van der Waals surface area contributed by atoms with Gasteiger partial charge in [0.15, 0.2) is 5.78 Å². The standard InChI is InChI=1S/C31H27Cl2N3O4/c1-30(2)26(37)25-24(34(28(30)38)19-9-6-17(32)7-10-19)22-16-18(33)8-15-23(22)36(25)27-31(3,4)29(39)35(27)20-11-13-21(40-5)14-12-20/h6-16,27H,1-5H3. The summed E-state index contributed by atoms with van der Waals surface area (Å²) in [5, 5.41) is 1.63. The average Bonchev–Trinajstić information content (AvgIpc) is 3.24. The number of hydrogen-bond donors (Lipinski definition) is 0. The van der Waals surface area contributed by atoms with Crippen molar-refractivity contribution in [2.24, 2.45) is 10.8 Å². The highest BCUT2D eigenvalue weighted by molar-refractivity contribution is 6.34. The molecule has 1 fully saturated rings. The minimum atomic E-state index is -1.37. The molecule has 9 heteroatoms. The Labute approximate surface area is 241 Å². The fourth-order valence-corrected chi connectivity index (χ4v) is 6.10. The van der Waals surface area contributed by atoms with Crippen molar-refractivity contribution >= 4 is 68.8 Å². The van der Waals surface area contributed by atoms with E-state index in [-0.39, 0.29) is 17.6 Å². The molecule has 1 atom stereocenters. The van der Waals surface area contributed by atoms with E-state index >= 15 is 0 Å². The van der Waals surface area contributed by atoms with E-state index in [1.54, 1.807) is 79.3 Å². The van der Waals surface area contributed by atoms with E-state index < -0.39 is 17.0 Å². The number of ketones is 1. The summed E-state index contributed by atoms with van der Waals surface area (Å²) in [6.07, 6.45) is -0.555. The molecule has 2 amide bonds. The number of carbonyl (C=O) groups is 3. The van der Waals surface area contributed by atoms with Gasteiger partial charge in [-0.1, -0.05) is 23.2 Å². The van der Waals surface area contributed by atoms with Gasteiger partial charge in [-0.15, -0.1) is 0 Å². The number of amides is 2. The Morgan fingerprint density at radius 2 is 1.38 bits per heavy atom. The third-order valence-electron chi connectivity index (χ3n) is 8.02. The smallest absolute Gasteiger partial charge is 0.245 e. The van der Waals surface area contributed by atoms with Gasteiger partial charge >= 0.3 is 0 Å². The van der Waals surface area contributed by atoms with Crippen molar-refractivity contribution in [3.63, 3.8) is 0 Å². The second-order valence-electron chi connectivity index (χ2n) is 11.3. The lowest BCUT2D eigenvalue weighted by molar-refractivity contribution is -0.140. The number of aromatic nitrogens is 1. The van der Waals surface area contributed by atoms with Crippen LogP contribution in [0.2, 0.25) is 10.0 Å². The maximum atomic E-state index is 14.3. The van der Waals surface area contributed by atoms with E-state index in [9.17, 15) is 14.4 Å². The Morgan fingerprint density at radius 1 is 0.775 bits per heavy atom. The Morgan fingerprint density at radius 3 is 2.00 bits per heavy atom. The van der Waals surface area contributed by atoms with E-state index in [2.05, 4.69) is 0 Å². The van der Waals surface area contributed by atoms with Crippen molar-refractivity contribution in [3.05, 3.63) is 82.5 Å². The number of Topliss-reactive ketones (excluding diaryl/α,β-unsaturated/α-hetero) is 1. The molecule has 1 unspecified atom stereocenters. The van der Waals surface area contributed by atoms with Gasteiger partial charge in [-0.25, -0.2) is 0 Å². The van der Waals surface area contributed by atoms with Gasteiger partial charge in [0.05, 0.1) is 23.7 Å². The maximum absolute atomic E-state index is 14.3. The molecule has 0 N–H and O–H groups in total. The van der Waals surface area contributed by atoms with Crippen LogP contribution in [0.15, 0.2) is 66.7 Å². The predicted octanol–water partition coefficient (Wildman–Crippen LogP) is 7.42. The fraction of sp³-hybridized carbons (Fsp3) is 0.258. The minimum absolute atomic E-state index is 0.0830. The van der Waals surface area contributed by atoms with Gasteiger partial charge in [0.25, 0.3) is 0 Å². The molecule has 3 heterocycles. The fourth-order valence-electron chi connectivity index (χ4n) is 5.81. The Bertz CT molecular complexity index is 1720. The van der Waals surface area contributed by atoms with Crippen molar-refractivity contribution in [1.29, 1.82) is 0 Å². The van der Waals surface area contributed by atoms with Gasteiger partial charge in [-0.05, 0) is 94.4 Å². The number of β-lactam (4-membered cyclic amide) rings is 1. The molecular weight excluding hydrogens is 549 g/mol. The highest BCUT2D eigenvalue weighted by atomic mass is 35.5. The van der Waals surface area contributed by atoms with Gasteiger partial charge in [0.1, 0.15) is 23.0 Å². The van der Waals surface area contributed by atoms with Crippen LogP contribution in [0.3, 0.4) is 0 Å².